The Hall–Kier alpha value is -2.54. The van der Waals surface area contributed by atoms with Crippen molar-refractivity contribution in [3.8, 4) is 11.3 Å². The van der Waals surface area contributed by atoms with E-state index in [-0.39, 0.29) is 30.4 Å². The van der Waals surface area contributed by atoms with Gasteiger partial charge in [-0.15, -0.1) is 0 Å². The van der Waals surface area contributed by atoms with Gasteiger partial charge in [0.05, 0.1) is 11.4 Å². The van der Waals surface area contributed by atoms with Crippen LogP contribution in [0.3, 0.4) is 0 Å². The van der Waals surface area contributed by atoms with E-state index in [1.165, 1.54) is 7.05 Å². The highest BCUT2D eigenvalue weighted by molar-refractivity contribution is 7.94. The van der Waals surface area contributed by atoms with Crippen LogP contribution in [0.25, 0.3) is 11.3 Å². The zero-order valence-corrected chi connectivity index (χ0v) is 22.4. The normalized spacial score (nSPS) is 24.9. The van der Waals surface area contributed by atoms with Crippen molar-refractivity contribution in [2.75, 3.05) is 48.4 Å². The first-order chi connectivity index (χ1) is 17.9. The van der Waals surface area contributed by atoms with E-state index in [9.17, 15) is 27.1 Å². The Morgan fingerprint density at radius 1 is 1.16 bits per heavy atom. The number of alkyl halides is 2. The van der Waals surface area contributed by atoms with Gasteiger partial charge < -0.3 is 10.0 Å². The minimum Gasteiger partial charge on any atom is -0.380 e. The molecule has 0 spiro atoms. The Kier molecular flexibility index (Phi) is 5.91. The third-order valence-electron chi connectivity index (χ3n) is 7.88. The first kappa shape index (κ1) is 25.7. The van der Waals surface area contributed by atoms with E-state index in [1.807, 2.05) is 12.1 Å². The van der Waals surface area contributed by atoms with Gasteiger partial charge >= 0.3 is 10.2 Å². The van der Waals surface area contributed by atoms with Gasteiger partial charge in [0.1, 0.15) is 5.60 Å². The number of fused-ring (bicyclic) bond motifs is 1. The predicted octanol–water partition coefficient (Wildman–Crippen LogP) is 2.73. The van der Waals surface area contributed by atoms with Crippen LogP contribution in [0.4, 0.5) is 20.3 Å². The molecule has 6 rings (SSSR count). The number of hydrogen-bond acceptors (Lipinski definition) is 6. The van der Waals surface area contributed by atoms with Crippen LogP contribution >= 0.6 is 11.6 Å². The molecule has 3 fully saturated rings. The smallest absolute Gasteiger partial charge is 0.327 e. The van der Waals surface area contributed by atoms with Crippen LogP contribution in [0.15, 0.2) is 30.3 Å². The van der Waals surface area contributed by atoms with Crippen molar-refractivity contribution in [1.29, 1.82) is 0 Å². The summed E-state index contributed by atoms with van der Waals surface area (Å²) in [5, 5.41) is 10.6. The summed E-state index contributed by atoms with van der Waals surface area (Å²) in [7, 11) is -2.63. The topological polar surface area (TPSA) is 97.3 Å². The van der Waals surface area contributed by atoms with Crippen molar-refractivity contribution in [2.45, 2.75) is 37.3 Å². The fourth-order valence-corrected chi connectivity index (χ4v) is 6.74. The fraction of sp³-hybridized carbons (Fsp3) is 0.520. The van der Waals surface area contributed by atoms with Gasteiger partial charge in [-0.2, -0.15) is 8.42 Å². The van der Waals surface area contributed by atoms with Crippen LogP contribution in [0.5, 0.6) is 0 Å². The van der Waals surface area contributed by atoms with Crippen molar-refractivity contribution >= 4 is 39.2 Å². The van der Waals surface area contributed by atoms with Gasteiger partial charge in [-0.25, -0.2) is 22.4 Å². The molecule has 2 aromatic rings. The molecular weight excluding hydrogens is 540 g/mol. The second kappa shape index (κ2) is 8.73. The lowest BCUT2D eigenvalue weighted by molar-refractivity contribution is -0.144. The van der Waals surface area contributed by atoms with Gasteiger partial charge in [0.15, 0.2) is 5.82 Å². The first-order valence-electron chi connectivity index (χ1n) is 12.6. The summed E-state index contributed by atoms with van der Waals surface area (Å²) < 4.78 is 54.9. The number of hydrogen-bond donors (Lipinski definition) is 1. The Morgan fingerprint density at radius 3 is 2.47 bits per heavy atom. The Bertz CT molecular complexity index is 1410. The Labute approximate surface area is 224 Å². The molecule has 1 N–H and O–H groups in total. The largest absolute Gasteiger partial charge is 0.380 e. The van der Waals surface area contributed by atoms with Gasteiger partial charge in [0.25, 0.3) is 11.8 Å². The molecule has 0 bridgehead atoms. The van der Waals surface area contributed by atoms with Gasteiger partial charge in [-0.1, -0.05) is 17.7 Å². The average molecular weight is 568 g/mol. The molecule has 204 valence electrons. The molecule has 13 heteroatoms. The summed E-state index contributed by atoms with van der Waals surface area (Å²) >= 11 is 6.51. The van der Waals surface area contributed by atoms with Gasteiger partial charge in [-0.05, 0) is 42.7 Å². The second-order valence-corrected chi connectivity index (χ2v) is 12.9. The molecule has 1 amide bonds. The van der Waals surface area contributed by atoms with Crippen molar-refractivity contribution in [2.24, 2.45) is 5.92 Å². The van der Waals surface area contributed by atoms with Gasteiger partial charge in [-0.3, -0.25) is 9.69 Å². The molecule has 1 atom stereocenters. The highest BCUT2D eigenvalue weighted by Gasteiger charge is 2.59. The number of amides is 1. The minimum atomic E-state index is -4.00. The van der Waals surface area contributed by atoms with E-state index in [0.717, 1.165) is 14.2 Å². The van der Waals surface area contributed by atoms with E-state index in [1.54, 1.807) is 23.1 Å². The molecule has 1 aromatic carbocycles. The first-order valence-corrected chi connectivity index (χ1v) is 14.3. The number of pyridine rings is 1. The highest BCUT2D eigenvalue weighted by Crippen LogP contribution is 2.51. The van der Waals surface area contributed by atoms with Crippen molar-refractivity contribution in [3.63, 3.8) is 0 Å². The molecule has 1 aromatic heterocycles. The summed E-state index contributed by atoms with van der Waals surface area (Å²) in [6, 6.07) is 8.84. The fourth-order valence-electron chi connectivity index (χ4n) is 5.12. The lowest BCUT2D eigenvalue weighted by Gasteiger charge is -2.35. The number of aromatic nitrogens is 1. The summed E-state index contributed by atoms with van der Waals surface area (Å²) in [5.74, 6) is -3.84. The Balaban J connectivity index is 1.19. The summed E-state index contributed by atoms with van der Waals surface area (Å²) in [6.07, 6.45) is 0.749. The summed E-state index contributed by atoms with van der Waals surface area (Å²) in [6.45, 7) is 2.79. The molecule has 1 unspecified atom stereocenters. The van der Waals surface area contributed by atoms with E-state index >= 15 is 0 Å². The zero-order valence-electron chi connectivity index (χ0n) is 20.8. The van der Waals surface area contributed by atoms with E-state index in [0.29, 0.717) is 61.8 Å². The molecular formula is C25H28ClF2N5O4S. The van der Waals surface area contributed by atoms with E-state index in [4.69, 9.17) is 11.6 Å². The Morgan fingerprint density at radius 2 is 1.84 bits per heavy atom. The number of benzene rings is 1. The maximum absolute atomic E-state index is 13.5. The number of nitrogens with zero attached hydrogens (tertiary/aromatic N) is 5. The van der Waals surface area contributed by atoms with Crippen LogP contribution in [0.1, 0.15) is 24.8 Å². The molecule has 2 aliphatic heterocycles. The van der Waals surface area contributed by atoms with Crippen LogP contribution < -0.4 is 8.61 Å². The maximum atomic E-state index is 13.5. The van der Waals surface area contributed by atoms with Crippen molar-refractivity contribution in [1.82, 2.24) is 14.8 Å². The molecule has 2 saturated carbocycles. The number of carbonyl (C=O) groups is 1. The lowest BCUT2D eigenvalue weighted by Crippen LogP contribution is -2.51. The number of piperazine rings is 1. The third-order valence-corrected chi connectivity index (χ3v) is 9.98. The summed E-state index contributed by atoms with van der Waals surface area (Å²) in [5.41, 5.74) is 1.21. The van der Waals surface area contributed by atoms with E-state index < -0.39 is 27.7 Å². The minimum absolute atomic E-state index is 0.172. The van der Waals surface area contributed by atoms with Gasteiger partial charge in [0, 0.05) is 69.2 Å². The average Bonchev–Trinajstić information content (AvgIpc) is 3.77. The highest BCUT2D eigenvalue weighted by atomic mass is 35.5. The SMILES string of the molecule is CN1c2nc(-c3cc(CN4CCN(C(=O)C5(O)CC5)CC4)ccc3Cl)ccc2N(CC2CC2(F)F)S1(=O)=O. The molecule has 38 heavy (non-hydrogen) atoms. The predicted molar refractivity (Wildman–Crippen MR) is 138 cm³/mol. The number of halogens is 3. The van der Waals surface area contributed by atoms with Crippen LogP contribution in [-0.4, -0.2) is 85.5 Å². The number of anilines is 2. The van der Waals surface area contributed by atoms with Crippen LogP contribution in [0, 0.1) is 5.92 Å². The zero-order chi connectivity index (χ0) is 27.0. The molecule has 9 nitrogen and oxygen atoms in total. The lowest BCUT2D eigenvalue weighted by atomic mass is 10.1. The molecule has 4 aliphatic rings. The monoisotopic (exact) mass is 567 g/mol. The number of rotatable bonds is 6. The second-order valence-electron chi connectivity index (χ2n) is 10.6. The van der Waals surface area contributed by atoms with E-state index in [2.05, 4.69) is 9.88 Å². The molecule has 2 aliphatic carbocycles. The van der Waals surface area contributed by atoms with Crippen molar-refractivity contribution in [3.05, 3.63) is 40.9 Å². The molecule has 3 heterocycles. The molecule has 1 saturated heterocycles. The van der Waals surface area contributed by atoms with Crippen LogP contribution in [0.2, 0.25) is 5.02 Å². The number of aliphatic hydroxyl groups is 1. The maximum Gasteiger partial charge on any atom is 0.327 e. The number of carbonyl (C=O) groups excluding carboxylic acids is 1. The third kappa shape index (κ3) is 4.41. The molecule has 0 radical (unpaired) electrons. The standard InChI is InChI=1S/C25H28ClF2N5O4S/c1-30-22-21(33(38(30,36)37)15-17-13-25(17,27)28)5-4-20(29-22)18-12-16(2-3-19(18)26)14-31-8-10-32(11-9-31)23(34)24(35)6-7-24/h2-5,12,17,35H,6-11,13-15H2,1H3. The van der Waals surface area contributed by atoms with Crippen molar-refractivity contribution < 1.29 is 27.1 Å². The van der Waals surface area contributed by atoms with Crippen LogP contribution in [-0.2, 0) is 21.5 Å². The van der Waals surface area contributed by atoms with Gasteiger partial charge in [0.2, 0.25) is 0 Å². The quantitative estimate of drug-likeness (QED) is 0.577. The summed E-state index contributed by atoms with van der Waals surface area (Å²) in [4.78, 5) is 20.9.